The maximum Gasteiger partial charge on any atom is 0.460 e. The van der Waals surface area contributed by atoms with Gasteiger partial charge >= 0.3 is 47.6 Å². The minimum atomic E-state index is -8.57. The normalized spacial score (nSPS) is 15.6. The molecule has 0 aliphatic rings. The van der Waals surface area contributed by atoms with Crippen molar-refractivity contribution in [2.45, 2.75) is 112 Å². The van der Waals surface area contributed by atoms with Gasteiger partial charge in [0, 0.05) is 6.42 Å². The first-order chi connectivity index (χ1) is 15.3. The second-order valence-corrected chi connectivity index (χ2v) is 7.87. The van der Waals surface area contributed by atoms with E-state index in [0.717, 1.165) is 19.3 Å². The summed E-state index contributed by atoms with van der Waals surface area (Å²) in [7, 11) is 0. The van der Waals surface area contributed by atoms with Crippen LogP contribution in [0.1, 0.15) is 64.7 Å². The van der Waals surface area contributed by atoms with Crippen LogP contribution in [0.5, 0.6) is 0 Å². The van der Waals surface area contributed by atoms with Crippen LogP contribution >= 0.6 is 0 Å². The van der Waals surface area contributed by atoms with Crippen LogP contribution in [0.2, 0.25) is 0 Å². The Labute approximate surface area is 188 Å². The second kappa shape index (κ2) is 10.7. The van der Waals surface area contributed by atoms with E-state index in [1.807, 2.05) is 6.92 Å². The van der Waals surface area contributed by atoms with Crippen LogP contribution in [0.15, 0.2) is 0 Å². The van der Waals surface area contributed by atoms with Gasteiger partial charge in [0.15, 0.2) is 0 Å². The molecule has 0 atom stereocenters. The Hall–Kier alpha value is -1.19. The summed E-state index contributed by atoms with van der Waals surface area (Å²) in [6, 6.07) is 0. The summed E-state index contributed by atoms with van der Waals surface area (Å²) >= 11 is 0. The molecule has 0 heterocycles. The molecular formula is C18H21F17. The van der Waals surface area contributed by atoms with Gasteiger partial charge in [0.25, 0.3) is 0 Å². The highest BCUT2D eigenvalue weighted by molar-refractivity contribution is 5.15. The van der Waals surface area contributed by atoms with Crippen molar-refractivity contribution < 1.29 is 74.6 Å². The van der Waals surface area contributed by atoms with Gasteiger partial charge in [0.2, 0.25) is 0 Å². The van der Waals surface area contributed by atoms with E-state index < -0.39 is 60.5 Å². The third-order valence-corrected chi connectivity index (χ3v) is 5.13. The minimum absolute atomic E-state index is 0.0920. The largest absolute Gasteiger partial charge is 0.460 e. The molecule has 0 aromatic heterocycles. The Morgan fingerprint density at radius 3 is 0.971 bits per heavy atom. The van der Waals surface area contributed by atoms with Crippen LogP contribution in [0, 0.1) is 0 Å². The Morgan fingerprint density at radius 1 is 0.343 bits per heavy atom. The van der Waals surface area contributed by atoms with Gasteiger partial charge in [-0.3, -0.25) is 0 Å². The van der Waals surface area contributed by atoms with Crippen LogP contribution in [0.3, 0.4) is 0 Å². The maximum absolute atomic E-state index is 13.7. The van der Waals surface area contributed by atoms with Crippen molar-refractivity contribution in [3.63, 3.8) is 0 Å². The zero-order valence-electron chi connectivity index (χ0n) is 17.8. The minimum Gasteiger partial charge on any atom is -0.200 e. The van der Waals surface area contributed by atoms with Crippen molar-refractivity contribution in [1.82, 2.24) is 0 Å². The summed E-state index contributed by atoms with van der Waals surface area (Å²) in [5.41, 5.74) is 0. The zero-order valence-corrected chi connectivity index (χ0v) is 17.8. The lowest BCUT2D eigenvalue weighted by Crippen LogP contribution is -2.74. The van der Waals surface area contributed by atoms with Gasteiger partial charge in [-0.15, -0.1) is 0 Å². The van der Waals surface area contributed by atoms with Crippen LogP contribution in [0.4, 0.5) is 74.6 Å². The monoisotopic (exact) mass is 560 g/mol. The smallest absolute Gasteiger partial charge is 0.200 e. The van der Waals surface area contributed by atoms with E-state index in [1.54, 1.807) is 0 Å². The molecule has 0 N–H and O–H groups in total. The van der Waals surface area contributed by atoms with Crippen molar-refractivity contribution in [3.05, 3.63) is 0 Å². The van der Waals surface area contributed by atoms with Gasteiger partial charge < -0.3 is 0 Å². The van der Waals surface area contributed by atoms with Gasteiger partial charge in [0.05, 0.1) is 0 Å². The van der Waals surface area contributed by atoms with E-state index in [0.29, 0.717) is 12.8 Å². The topological polar surface area (TPSA) is 0 Å². The highest BCUT2D eigenvalue weighted by atomic mass is 19.4. The van der Waals surface area contributed by atoms with Crippen LogP contribution in [-0.2, 0) is 0 Å². The molecule has 0 unspecified atom stereocenters. The Bertz CT molecular complexity index is 662. The maximum atomic E-state index is 13.7. The molecule has 0 saturated heterocycles. The lowest BCUT2D eigenvalue weighted by atomic mass is 9.87. The summed E-state index contributed by atoms with van der Waals surface area (Å²) in [5, 5.41) is 0. The van der Waals surface area contributed by atoms with E-state index in [1.165, 1.54) is 0 Å². The number of hydrogen-bond donors (Lipinski definition) is 0. The van der Waals surface area contributed by atoms with Crippen molar-refractivity contribution in [2.24, 2.45) is 0 Å². The molecule has 0 saturated carbocycles. The standard InChI is InChI=1S/C18H21F17/c1-2-3-4-5-6-7-8-9-10-11(19,20)12(21,22)13(23,24)14(25,26)15(27,28)16(29,30)17(31,32)18(33,34)35/h2-10H2,1H3. The van der Waals surface area contributed by atoms with E-state index in [4.69, 9.17) is 0 Å². The number of hydrogen-bond acceptors (Lipinski definition) is 0. The Kier molecular flexibility index (Phi) is 10.3. The van der Waals surface area contributed by atoms with Crippen LogP contribution in [-0.4, -0.2) is 47.6 Å². The molecular weight excluding hydrogens is 539 g/mol. The van der Waals surface area contributed by atoms with Gasteiger partial charge in [0.1, 0.15) is 0 Å². The zero-order chi connectivity index (χ0) is 28.4. The third-order valence-electron chi connectivity index (χ3n) is 5.13. The second-order valence-electron chi connectivity index (χ2n) is 7.87. The quantitative estimate of drug-likeness (QED) is 0.138. The van der Waals surface area contributed by atoms with Crippen molar-refractivity contribution >= 4 is 0 Å². The first-order valence-corrected chi connectivity index (χ1v) is 10.0. The van der Waals surface area contributed by atoms with E-state index >= 15 is 0 Å². The van der Waals surface area contributed by atoms with Gasteiger partial charge in [-0.1, -0.05) is 51.9 Å². The molecule has 0 fully saturated rings. The number of unbranched alkanes of at least 4 members (excludes halogenated alkanes) is 7. The number of alkyl halides is 17. The number of halogens is 17. The molecule has 0 bridgehead atoms. The SMILES string of the molecule is CCCCCCCCCCC(F)(F)C(F)(F)C(F)(F)C(F)(F)C(F)(F)C(F)(F)C(F)(F)C(F)(F)F. The highest BCUT2D eigenvalue weighted by Crippen LogP contribution is 2.64. The number of rotatable bonds is 15. The molecule has 0 nitrogen and oxygen atoms in total. The molecule has 17 heteroatoms. The molecule has 0 aliphatic carbocycles. The lowest BCUT2D eigenvalue weighted by Gasteiger charge is -2.42. The van der Waals surface area contributed by atoms with E-state index in [9.17, 15) is 74.6 Å². The molecule has 0 aromatic carbocycles. The molecule has 0 aliphatic heterocycles. The fraction of sp³-hybridized carbons (Fsp3) is 1.00. The first-order valence-electron chi connectivity index (χ1n) is 10.0. The molecule has 212 valence electrons. The first kappa shape index (κ1) is 33.8. The van der Waals surface area contributed by atoms with Crippen molar-refractivity contribution in [1.29, 1.82) is 0 Å². The average molecular weight is 560 g/mol. The lowest BCUT2D eigenvalue weighted by molar-refractivity contribution is -0.461. The summed E-state index contributed by atoms with van der Waals surface area (Å²) in [5.74, 6) is -55.7. The Morgan fingerprint density at radius 2 is 0.629 bits per heavy atom. The van der Waals surface area contributed by atoms with Crippen molar-refractivity contribution in [2.75, 3.05) is 0 Å². The molecule has 0 amide bonds. The molecule has 0 rings (SSSR count). The van der Waals surface area contributed by atoms with Crippen LogP contribution in [0.25, 0.3) is 0 Å². The average Bonchev–Trinajstić information content (AvgIpc) is 2.68. The molecule has 0 aromatic rings. The fourth-order valence-corrected chi connectivity index (χ4v) is 2.83. The van der Waals surface area contributed by atoms with E-state index in [2.05, 4.69) is 0 Å². The van der Waals surface area contributed by atoms with Crippen LogP contribution < -0.4 is 0 Å². The Balaban J connectivity index is 5.84. The summed E-state index contributed by atoms with van der Waals surface area (Å²) in [4.78, 5) is 0. The predicted molar refractivity (Wildman–Crippen MR) is 87.9 cm³/mol. The summed E-state index contributed by atoms with van der Waals surface area (Å²) in [6.07, 6.45) is -8.04. The summed E-state index contributed by atoms with van der Waals surface area (Å²) < 4.78 is 223. The predicted octanol–water partition coefficient (Wildman–Crippen LogP) is 9.53. The molecule has 0 spiro atoms. The van der Waals surface area contributed by atoms with Gasteiger partial charge in [-0.05, 0) is 6.42 Å². The highest BCUT2D eigenvalue weighted by Gasteiger charge is 2.95. The van der Waals surface area contributed by atoms with Crippen molar-refractivity contribution in [3.8, 4) is 0 Å². The van der Waals surface area contributed by atoms with E-state index in [-0.39, 0.29) is 12.8 Å². The molecule has 0 radical (unpaired) electrons. The third kappa shape index (κ3) is 5.87. The van der Waals surface area contributed by atoms with Gasteiger partial charge in [-0.25, -0.2) is 0 Å². The summed E-state index contributed by atoms with van der Waals surface area (Å²) in [6.45, 7) is 1.86. The fourth-order valence-electron chi connectivity index (χ4n) is 2.83. The van der Waals surface area contributed by atoms with Gasteiger partial charge in [-0.2, -0.15) is 74.6 Å². The molecule has 35 heavy (non-hydrogen) atoms.